The average Bonchev–Trinajstić information content (AvgIpc) is 3.32. The summed E-state index contributed by atoms with van der Waals surface area (Å²) >= 11 is 0. The molecular weight excluding hydrogens is 360 g/mol. The number of carbonyl (C=O) groups is 1. The van der Waals surface area contributed by atoms with E-state index in [1.54, 1.807) is 0 Å². The van der Waals surface area contributed by atoms with Gasteiger partial charge in [0.1, 0.15) is 0 Å². The SMILES string of the molecule is CS(=O)(=O)N[C@H]1CCN(C(=O)[C@H]2C[C@@H]2c2ccccc2-c2ccccc2)C1. The van der Waals surface area contributed by atoms with Gasteiger partial charge in [0.05, 0.1) is 6.26 Å². The van der Waals surface area contributed by atoms with Crippen LogP contribution in [-0.2, 0) is 14.8 Å². The van der Waals surface area contributed by atoms with Crippen LogP contribution < -0.4 is 4.72 Å². The minimum Gasteiger partial charge on any atom is -0.341 e. The number of sulfonamides is 1. The van der Waals surface area contributed by atoms with Gasteiger partial charge < -0.3 is 4.90 Å². The summed E-state index contributed by atoms with van der Waals surface area (Å²) in [5.74, 6) is 0.406. The van der Waals surface area contributed by atoms with E-state index in [1.807, 2.05) is 35.2 Å². The van der Waals surface area contributed by atoms with Crippen molar-refractivity contribution in [2.45, 2.75) is 24.8 Å². The number of rotatable bonds is 5. The minimum atomic E-state index is -3.24. The summed E-state index contributed by atoms with van der Waals surface area (Å²) in [6.45, 7) is 1.09. The van der Waals surface area contributed by atoms with Gasteiger partial charge in [0.15, 0.2) is 0 Å². The first-order valence-electron chi connectivity index (χ1n) is 9.33. The highest BCUT2D eigenvalue weighted by molar-refractivity contribution is 7.88. The summed E-state index contributed by atoms with van der Waals surface area (Å²) in [5.41, 5.74) is 3.59. The van der Waals surface area contributed by atoms with Crippen molar-refractivity contribution in [3.63, 3.8) is 0 Å². The van der Waals surface area contributed by atoms with Gasteiger partial charge in [0, 0.05) is 25.0 Å². The summed E-state index contributed by atoms with van der Waals surface area (Å²) in [7, 11) is -3.24. The number of hydrogen-bond donors (Lipinski definition) is 1. The van der Waals surface area contributed by atoms with E-state index in [9.17, 15) is 13.2 Å². The van der Waals surface area contributed by atoms with E-state index in [4.69, 9.17) is 0 Å². The maximum Gasteiger partial charge on any atom is 0.226 e. The van der Waals surface area contributed by atoms with E-state index in [0.29, 0.717) is 19.5 Å². The molecular formula is C21H24N2O3S. The number of nitrogens with one attached hydrogen (secondary N) is 1. The second-order valence-electron chi connectivity index (χ2n) is 7.56. The van der Waals surface area contributed by atoms with Crippen LogP contribution in [0.1, 0.15) is 24.3 Å². The van der Waals surface area contributed by atoms with Crippen LogP contribution in [0.2, 0.25) is 0 Å². The summed E-state index contributed by atoms with van der Waals surface area (Å²) in [5, 5.41) is 0. The number of amides is 1. The molecule has 4 rings (SSSR count). The van der Waals surface area contributed by atoms with E-state index in [1.165, 1.54) is 16.7 Å². The van der Waals surface area contributed by atoms with Crippen LogP contribution in [0.5, 0.6) is 0 Å². The maximum absolute atomic E-state index is 12.9. The Bertz CT molecular complexity index is 943. The van der Waals surface area contributed by atoms with Gasteiger partial charge in [-0.2, -0.15) is 0 Å². The van der Waals surface area contributed by atoms with Crippen LogP contribution in [0, 0.1) is 5.92 Å². The predicted octanol–water partition coefficient (Wildman–Crippen LogP) is 2.61. The molecule has 1 saturated heterocycles. The smallest absolute Gasteiger partial charge is 0.226 e. The Balaban J connectivity index is 1.46. The van der Waals surface area contributed by atoms with Gasteiger partial charge in [-0.25, -0.2) is 13.1 Å². The number of carbonyl (C=O) groups excluding carboxylic acids is 1. The molecule has 142 valence electrons. The Labute approximate surface area is 160 Å². The molecule has 0 aromatic heterocycles. The molecule has 27 heavy (non-hydrogen) atoms. The van der Waals surface area contributed by atoms with Crippen LogP contribution in [0.25, 0.3) is 11.1 Å². The quantitative estimate of drug-likeness (QED) is 0.862. The van der Waals surface area contributed by atoms with Crippen molar-refractivity contribution < 1.29 is 13.2 Å². The topological polar surface area (TPSA) is 66.5 Å². The molecule has 1 aliphatic carbocycles. The fourth-order valence-corrected chi connectivity index (χ4v) is 4.90. The van der Waals surface area contributed by atoms with E-state index >= 15 is 0 Å². The van der Waals surface area contributed by atoms with Crippen LogP contribution in [-0.4, -0.2) is 44.6 Å². The number of hydrogen-bond acceptors (Lipinski definition) is 3. The van der Waals surface area contributed by atoms with Gasteiger partial charge in [0.2, 0.25) is 15.9 Å². The van der Waals surface area contributed by atoms with E-state index in [2.05, 4.69) is 29.0 Å². The Morgan fingerprint density at radius 3 is 2.52 bits per heavy atom. The van der Waals surface area contributed by atoms with E-state index in [-0.39, 0.29) is 23.8 Å². The molecule has 1 aliphatic heterocycles. The molecule has 1 saturated carbocycles. The Morgan fingerprint density at radius 1 is 1.07 bits per heavy atom. The Hall–Kier alpha value is -2.18. The second-order valence-corrected chi connectivity index (χ2v) is 9.34. The molecule has 1 heterocycles. The number of nitrogens with zero attached hydrogens (tertiary/aromatic N) is 1. The molecule has 2 fully saturated rings. The Morgan fingerprint density at radius 2 is 1.78 bits per heavy atom. The van der Waals surface area contributed by atoms with Crippen molar-refractivity contribution in [3.05, 3.63) is 60.2 Å². The molecule has 0 unspecified atom stereocenters. The summed E-state index contributed by atoms with van der Waals surface area (Å²) in [4.78, 5) is 14.7. The average molecular weight is 385 g/mol. The fraction of sp³-hybridized carbons (Fsp3) is 0.381. The van der Waals surface area contributed by atoms with Crippen LogP contribution >= 0.6 is 0 Å². The lowest BCUT2D eigenvalue weighted by molar-refractivity contribution is -0.131. The number of likely N-dealkylation sites (tertiary alicyclic amines) is 1. The largest absolute Gasteiger partial charge is 0.341 e. The van der Waals surface area contributed by atoms with Crippen molar-refractivity contribution in [3.8, 4) is 11.1 Å². The lowest BCUT2D eigenvalue weighted by atomic mass is 9.96. The third kappa shape index (κ3) is 4.06. The summed E-state index contributed by atoms with van der Waals surface area (Å²) in [6, 6.07) is 18.4. The standard InChI is InChI=1S/C21H24N2O3S/c1-27(25,26)22-16-11-12-23(14-16)21(24)20-13-19(20)18-10-6-5-9-17(18)15-7-3-2-4-8-15/h2-10,16,19-20,22H,11-14H2,1H3/t16-,19+,20-/m0/s1. The molecule has 1 N–H and O–H groups in total. The zero-order chi connectivity index (χ0) is 19.0. The number of benzene rings is 2. The summed E-state index contributed by atoms with van der Waals surface area (Å²) < 4.78 is 25.4. The molecule has 2 aliphatic rings. The molecule has 1 amide bonds. The van der Waals surface area contributed by atoms with Gasteiger partial charge in [-0.05, 0) is 35.4 Å². The van der Waals surface area contributed by atoms with Gasteiger partial charge in [-0.3, -0.25) is 4.79 Å². The molecule has 2 aromatic carbocycles. The molecule has 2 aromatic rings. The van der Waals surface area contributed by atoms with Crippen molar-refractivity contribution in [1.82, 2.24) is 9.62 Å². The molecule has 3 atom stereocenters. The lowest BCUT2D eigenvalue weighted by Gasteiger charge is -2.17. The highest BCUT2D eigenvalue weighted by Crippen LogP contribution is 2.51. The monoisotopic (exact) mass is 384 g/mol. The molecule has 0 bridgehead atoms. The van der Waals surface area contributed by atoms with Gasteiger partial charge >= 0.3 is 0 Å². The first-order chi connectivity index (χ1) is 12.9. The van der Waals surface area contributed by atoms with Gasteiger partial charge in [-0.1, -0.05) is 54.6 Å². The minimum absolute atomic E-state index is 0.00634. The van der Waals surface area contributed by atoms with Crippen LogP contribution in [0.3, 0.4) is 0 Å². The zero-order valence-electron chi connectivity index (χ0n) is 15.3. The fourth-order valence-electron chi connectivity index (χ4n) is 4.11. The first kappa shape index (κ1) is 18.2. The van der Waals surface area contributed by atoms with Crippen LogP contribution in [0.15, 0.2) is 54.6 Å². The van der Waals surface area contributed by atoms with Gasteiger partial charge in [0.25, 0.3) is 0 Å². The molecule has 0 spiro atoms. The first-order valence-corrected chi connectivity index (χ1v) is 11.2. The van der Waals surface area contributed by atoms with Crippen LogP contribution in [0.4, 0.5) is 0 Å². The predicted molar refractivity (Wildman–Crippen MR) is 106 cm³/mol. The Kier molecular flexibility index (Phi) is 4.78. The molecule has 0 radical (unpaired) electrons. The molecule has 5 nitrogen and oxygen atoms in total. The zero-order valence-corrected chi connectivity index (χ0v) is 16.2. The van der Waals surface area contributed by atoms with Crippen molar-refractivity contribution >= 4 is 15.9 Å². The third-order valence-electron chi connectivity index (χ3n) is 5.43. The normalized spacial score (nSPS) is 24.8. The van der Waals surface area contributed by atoms with E-state index in [0.717, 1.165) is 12.7 Å². The van der Waals surface area contributed by atoms with Crippen molar-refractivity contribution in [2.24, 2.45) is 5.92 Å². The maximum atomic E-state index is 12.9. The lowest BCUT2D eigenvalue weighted by Crippen LogP contribution is -2.38. The summed E-state index contributed by atoms with van der Waals surface area (Å²) in [6.07, 6.45) is 2.70. The molecule has 6 heteroatoms. The van der Waals surface area contributed by atoms with Crippen molar-refractivity contribution in [2.75, 3.05) is 19.3 Å². The van der Waals surface area contributed by atoms with Gasteiger partial charge in [-0.15, -0.1) is 0 Å². The highest BCUT2D eigenvalue weighted by atomic mass is 32.2. The third-order valence-corrected chi connectivity index (χ3v) is 6.19. The van der Waals surface area contributed by atoms with E-state index < -0.39 is 10.0 Å². The highest BCUT2D eigenvalue weighted by Gasteiger charge is 2.47. The van der Waals surface area contributed by atoms with Crippen molar-refractivity contribution in [1.29, 1.82) is 0 Å². The second kappa shape index (κ2) is 7.09.